The molecule has 3 rings (SSSR count). The number of ether oxygens (including phenoxy) is 3. The smallest absolute Gasteiger partial charge is 0.279 e. The van der Waals surface area contributed by atoms with Gasteiger partial charge in [-0.05, 0) is 53.2 Å². The molecule has 0 aromatic heterocycles. The standard InChI is InChI=1S/C18H19BrN2O4/c1-11(12-3-5-15(23-2)14(19)7-12)20-9-18(22)21-13-4-6-16-17(8-13)25-10-24-16/h3-8,11,20H,9-10H2,1-2H3,(H,21,22)/p+1/t11-/m0/s1. The number of fused-ring (bicyclic) bond motifs is 1. The maximum absolute atomic E-state index is 12.2. The van der Waals surface area contributed by atoms with Crippen LogP contribution < -0.4 is 24.8 Å². The highest BCUT2D eigenvalue weighted by Crippen LogP contribution is 2.34. The molecule has 0 aliphatic carbocycles. The maximum Gasteiger partial charge on any atom is 0.279 e. The summed E-state index contributed by atoms with van der Waals surface area (Å²) in [5, 5.41) is 4.86. The first kappa shape index (κ1) is 17.6. The molecular formula is C18H20BrN2O4+. The van der Waals surface area contributed by atoms with Crippen LogP contribution in [0.15, 0.2) is 40.9 Å². The van der Waals surface area contributed by atoms with Crippen molar-refractivity contribution in [1.82, 2.24) is 0 Å². The van der Waals surface area contributed by atoms with Crippen molar-refractivity contribution in [2.75, 3.05) is 25.8 Å². The molecule has 0 unspecified atom stereocenters. The summed E-state index contributed by atoms with van der Waals surface area (Å²) < 4.78 is 16.7. The highest BCUT2D eigenvalue weighted by molar-refractivity contribution is 9.10. The van der Waals surface area contributed by atoms with E-state index < -0.39 is 0 Å². The van der Waals surface area contributed by atoms with Crippen molar-refractivity contribution in [3.8, 4) is 17.2 Å². The topological polar surface area (TPSA) is 73.4 Å². The average molecular weight is 408 g/mol. The summed E-state index contributed by atoms with van der Waals surface area (Å²) in [7, 11) is 1.63. The van der Waals surface area contributed by atoms with Crippen molar-refractivity contribution in [2.45, 2.75) is 13.0 Å². The predicted octanol–water partition coefficient (Wildman–Crippen LogP) is 2.45. The number of hydrogen-bond acceptors (Lipinski definition) is 4. The van der Waals surface area contributed by atoms with Crippen molar-refractivity contribution in [3.05, 3.63) is 46.4 Å². The molecule has 7 heteroatoms. The van der Waals surface area contributed by atoms with Gasteiger partial charge in [0, 0.05) is 17.3 Å². The number of halogens is 1. The Hall–Kier alpha value is -2.25. The van der Waals surface area contributed by atoms with Crippen molar-refractivity contribution in [1.29, 1.82) is 0 Å². The summed E-state index contributed by atoms with van der Waals surface area (Å²) in [6.07, 6.45) is 0. The first-order valence-corrected chi connectivity index (χ1v) is 8.72. The molecule has 1 heterocycles. The van der Waals surface area contributed by atoms with Crippen molar-refractivity contribution < 1.29 is 24.3 Å². The van der Waals surface area contributed by atoms with Crippen molar-refractivity contribution in [3.63, 3.8) is 0 Å². The number of quaternary nitrogens is 1. The zero-order valence-electron chi connectivity index (χ0n) is 14.0. The second-order valence-electron chi connectivity index (χ2n) is 5.74. The molecule has 6 nitrogen and oxygen atoms in total. The molecule has 1 atom stereocenters. The van der Waals surface area contributed by atoms with Crippen LogP contribution in [0.5, 0.6) is 17.2 Å². The molecule has 25 heavy (non-hydrogen) atoms. The molecule has 1 aliphatic rings. The number of nitrogens with one attached hydrogen (secondary N) is 1. The van der Waals surface area contributed by atoms with Gasteiger partial charge in [0.15, 0.2) is 18.0 Å². The number of anilines is 1. The lowest BCUT2D eigenvalue weighted by Gasteiger charge is -2.13. The average Bonchev–Trinajstić information content (AvgIpc) is 3.07. The van der Waals surface area contributed by atoms with E-state index in [9.17, 15) is 4.79 Å². The Morgan fingerprint density at radius 2 is 2.08 bits per heavy atom. The third-order valence-corrected chi connectivity index (χ3v) is 4.63. The first-order valence-electron chi connectivity index (χ1n) is 7.93. The fourth-order valence-electron chi connectivity index (χ4n) is 2.57. The van der Waals surface area contributed by atoms with Gasteiger partial charge < -0.3 is 24.8 Å². The number of carbonyl (C=O) groups is 1. The molecule has 2 aromatic carbocycles. The van der Waals surface area contributed by atoms with E-state index in [1.807, 2.05) is 23.5 Å². The number of benzene rings is 2. The van der Waals surface area contributed by atoms with Gasteiger partial charge in [-0.1, -0.05) is 0 Å². The lowest BCUT2D eigenvalue weighted by molar-refractivity contribution is -0.682. The van der Waals surface area contributed by atoms with Gasteiger partial charge in [-0.2, -0.15) is 0 Å². The van der Waals surface area contributed by atoms with E-state index >= 15 is 0 Å². The van der Waals surface area contributed by atoms with Gasteiger partial charge in [0.1, 0.15) is 11.8 Å². The molecule has 0 saturated heterocycles. The molecule has 0 spiro atoms. The van der Waals surface area contributed by atoms with Gasteiger partial charge in [0.25, 0.3) is 5.91 Å². The Morgan fingerprint density at radius 1 is 1.28 bits per heavy atom. The fraction of sp³-hybridized carbons (Fsp3) is 0.278. The molecule has 0 radical (unpaired) electrons. The van der Waals surface area contributed by atoms with Crippen LogP contribution in [0.1, 0.15) is 18.5 Å². The Bertz CT molecular complexity index is 782. The molecule has 0 saturated carbocycles. The summed E-state index contributed by atoms with van der Waals surface area (Å²) in [5.41, 5.74) is 1.81. The van der Waals surface area contributed by atoms with Crippen LogP contribution in [0.4, 0.5) is 5.69 Å². The Morgan fingerprint density at radius 3 is 2.84 bits per heavy atom. The third kappa shape index (κ3) is 4.24. The number of nitrogens with two attached hydrogens (primary N) is 1. The van der Waals surface area contributed by atoms with Crippen LogP contribution in [0.3, 0.4) is 0 Å². The van der Waals surface area contributed by atoms with E-state index in [-0.39, 0.29) is 18.7 Å². The van der Waals surface area contributed by atoms with E-state index in [0.29, 0.717) is 23.7 Å². The van der Waals surface area contributed by atoms with Crippen LogP contribution in [0.2, 0.25) is 0 Å². The van der Waals surface area contributed by atoms with Crippen LogP contribution in [0.25, 0.3) is 0 Å². The highest BCUT2D eigenvalue weighted by Gasteiger charge is 2.16. The highest BCUT2D eigenvalue weighted by atomic mass is 79.9. The molecule has 0 bridgehead atoms. The summed E-state index contributed by atoms with van der Waals surface area (Å²) >= 11 is 3.48. The van der Waals surface area contributed by atoms with E-state index in [2.05, 4.69) is 28.2 Å². The maximum atomic E-state index is 12.2. The minimum atomic E-state index is -0.0710. The molecule has 132 valence electrons. The van der Waals surface area contributed by atoms with E-state index in [1.165, 1.54) is 0 Å². The van der Waals surface area contributed by atoms with Crippen LogP contribution in [-0.2, 0) is 4.79 Å². The zero-order valence-corrected chi connectivity index (χ0v) is 15.6. The second-order valence-corrected chi connectivity index (χ2v) is 6.59. The minimum absolute atomic E-state index is 0.0710. The SMILES string of the molecule is COc1ccc([C@H](C)[NH2+]CC(=O)Nc2ccc3c(c2)OCO3)cc1Br. The van der Waals surface area contributed by atoms with Crippen LogP contribution in [0, 0.1) is 0 Å². The largest absolute Gasteiger partial charge is 0.496 e. The van der Waals surface area contributed by atoms with Crippen molar-refractivity contribution in [2.24, 2.45) is 0 Å². The quantitative estimate of drug-likeness (QED) is 0.771. The zero-order chi connectivity index (χ0) is 17.8. The number of rotatable bonds is 6. The van der Waals surface area contributed by atoms with E-state index in [4.69, 9.17) is 14.2 Å². The molecule has 3 N–H and O–H groups in total. The van der Waals surface area contributed by atoms with E-state index in [0.717, 1.165) is 15.8 Å². The Labute approximate surface area is 154 Å². The molecule has 0 fully saturated rings. The van der Waals surface area contributed by atoms with Crippen LogP contribution >= 0.6 is 15.9 Å². The summed E-state index contributed by atoms with van der Waals surface area (Å²) in [6, 6.07) is 11.4. The van der Waals surface area contributed by atoms with Crippen LogP contribution in [-0.4, -0.2) is 26.4 Å². The summed E-state index contributed by atoms with van der Waals surface area (Å²) in [6.45, 7) is 2.59. The minimum Gasteiger partial charge on any atom is -0.496 e. The summed E-state index contributed by atoms with van der Waals surface area (Å²) in [5.74, 6) is 2.07. The molecule has 2 aromatic rings. The lowest BCUT2D eigenvalue weighted by Crippen LogP contribution is -2.86. The molecule has 1 amide bonds. The number of hydrogen-bond donors (Lipinski definition) is 2. The molecular weight excluding hydrogens is 388 g/mol. The van der Waals surface area contributed by atoms with Gasteiger partial charge in [-0.15, -0.1) is 0 Å². The van der Waals surface area contributed by atoms with Gasteiger partial charge in [-0.25, -0.2) is 0 Å². The second kappa shape index (κ2) is 7.76. The number of methoxy groups -OCH3 is 1. The summed E-state index contributed by atoms with van der Waals surface area (Å²) in [4.78, 5) is 12.2. The normalized spacial score (nSPS) is 13.4. The predicted molar refractivity (Wildman–Crippen MR) is 97.1 cm³/mol. The first-order chi connectivity index (χ1) is 12.1. The van der Waals surface area contributed by atoms with Crippen molar-refractivity contribution >= 4 is 27.5 Å². The number of amides is 1. The van der Waals surface area contributed by atoms with Gasteiger partial charge in [-0.3, -0.25) is 4.79 Å². The molecule has 1 aliphatic heterocycles. The third-order valence-electron chi connectivity index (χ3n) is 4.01. The Balaban J connectivity index is 1.54. The Kier molecular flexibility index (Phi) is 5.45. The monoisotopic (exact) mass is 407 g/mol. The lowest BCUT2D eigenvalue weighted by atomic mass is 10.1. The van der Waals surface area contributed by atoms with E-state index in [1.54, 1.807) is 25.3 Å². The number of carbonyl (C=O) groups excluding carboxylic acids is 1. The van der Waals surface area contributed by atoms with Gasteiger partial charge >= 0.3 is 0 Å². The fourth-order valence-corrected chi connectivity index (χ4v) is 3.13. The van der Waals surface area contributed by atoms with Gasteiger partial charge in [0.05, 0.1) is 11.6 Å². The van der Waals surface area contributed by atoms with Gasteiger partial charge in [0.2, 0.25) is 6.79 Å².